The monoisotopic (exact) mass is 306 g/mol. The van der Waals surface area contributed by atoms with E-state index in [2.05, 4.69) is 24.3 Å². The van der Waals surface area contributed by atoms with Gasteiger partial charge in [0.1, 0.15) is 0 Å². The van der Waals surface area contributed by atoms with E-state index in [0.717, 1.165) is 25.7 Å². The second kappa shape index (κ2) is 9.23. The second-order valence-electron chi connectivity index (χ2n) is 5.73. The van der Waals surface area contributed by atoms with Crippen molar-refractivity contribution < 1.29 is 19.1 Å². The molecule has 22 heavy (non-hydrogen) atoms. The molecule has 0 aliphatic rings. The van der Waals surface area contributed by atoms with Crippen molar-refractivity contribution in [1.82, 2.24) is 0 Å². The Kier molecular flexibility index (Phi) is 7.64. The van der Waals surface area contributed by atoms with Gasteiger partial charge in [0.05, 0.1) is 12.2 Å². The lowest BCUT2D eigenvalue weighted by molar-refractivity contribution is -0.146. The van der Waals surface area contributed by atoms with Crippen LogP contribution in [0.5, 0.6) is 0 Å². The Hall–Kier alpha value is -1.84. The smallest absolute Gasteiger partial charge is 0.302 e. The van der Waals surface area contributed by atoms with Crippen molar-refractivity contribution in [3.05, 3.63) is 35.4 Å². The Labute approximate surface area is 132 Å². The lowest BCUT2D eigenvalue weighted by Gasteiger charge is -2.13. The third kappa shape index (κ3) is 7.81. The van der Waals surface area contributed by atoms with Gasteiger partial charge in [-0.05, 0) is 50.7 Å². The topological polar surface area (TPSA) is 52.6 Å². The molecule has 0 saturated carbocycles. The molecule has 0 spiro atoms. The number of hydrogen-bond donors (Lipinski definition) is 0. The van der Waals surface area contributed by atoms with Gasteiger partial charge in [-0.2, -0.15) is 0 Å². The summed E-state index contributed by atoms with van der Waals surface area (Å²) in [7, 11) is 0. The number of hydrogen-bond acceptors (Lipinski definition) is 4. The lowest BCUT2D eigenvalue weighted by atomic mass is 10.0. The van der Waals surface area contributed by atoms with Gasteiger partial charge in [-0.1, -0.05) is 24.3 Å². The van der Waals surface area contributed by atoms with E-state index < -0.39 is 0 Å². The van der Waals surface area contributed by atoms with Crippen LogP contribution in [-0.2, 0) is 31.9 Å². The zero-order valence-electron chi connectivity index (χ0n) is 13.9. The Morgan fingerprint density at radius 2 is 1.14 bits per heavy atom. The molecule has 0 radical (unpaired) electrons. The molecule has 0 amide bonds. The average molecular weight is 306 g/mol. The van der Waals surface area contributed by atoms with Crippen molar-refractivity contribution in [1.29, 1.82) is 0 Å². The fourth-order valence-electron chi connectivity index (χ4n) is 2.30. The molecule has 0 aliphatic carbocycles. The molecule has 0 N–H and O–H groups in total. The zero-order chi connectivity index (χ0) is 16.5. The van der Waals surface area contributed by atoms with Crippen LogP contribution in [0.25, 0.3) is 0 Å². The summed E-state index contributed by atoms with van der Waals surface area (Å²) in [4.78, 5) is 21.7. The van der Waals surface area contributed by atoms with Crippen LogP contribution in [-0.4, -0.2) is 24.1 Å². The first kappa shape index (κ1) is 18.2. The molecule has 1 aromatic carbocycles. The van der Waals surface area contributed by atoms with Crippen LogP contribution < -0.4 is 0 Å². The van der Waals surface area contributed by atoms with Gasteiger partial charge in [0.15, 0.2) is 0 Å². The SMILES string of the molecule is CC(=O)OC(C)CCc1ccc(CCC(C)OC(C)=O)cc1. The molecule has 0 fully saturated rings. The van der Waals surface area contributed by atoms with Crippen LogP contribution >= 0.6 is 0 Å². The van der Waals surface area contributed by atoms with Crippen LogP contribution in [0.4, 0.5) is 0 Å². The van der Waals surface area contributed by atoms with Crippen molar-refractivity contribution in [2.45, 2.75) is 65.6 Å². The van der Waals surface area contributed by atoms with E-state index in [4.69, 9.17) is 9.47 Å². The van der Waals surface area contributed by atoms with Crippen LogP contribution in [0, 0.1) is 0 Å². The summed E-state index contributed by atoms with van der Waals surface area (Å²) in [5, 5.41) is 0. The van der Waals surface area contributed by atoms with Crippen molar-refractivity contribution in [3.63, 3.8) is 0 Å². The average Bonchev–Trinajstić information content (AvgIpc) is 2.42. The van der Waals surface area contributed by atoms with Gasteiger partial charge in [-0.25, -0.2) is 0 Å². The highest BCUT2D eigenvalue weighted by atomic mass is 16.5. The molecule has 2 unspecified atom stereocenters. The van der Waals surface area contributed by atoms with E-state index in [0.29, 0.717) is 0 Å². The molecular formula is C18H26O4. The lowest BCUT2D eigenvalue weighted by Crippen LogP contribution is -2.13. The van der Waals surface area contributed by atoms with E-state index in [1.54, 1.807) is 0 Å². The Bertz CT molecular complexity index is 433. The van der Waals surface area contributed by atoms with Gasteiger partial charge in [0, 0.05) is 13.8 Å². The molecule has 0 bridgehead atoms. The third-order valence-corrected chi connectivity index (χ3v) is 3.44. The molecule has 0 aromatic heterocycles. The maximum atomic E-state index is 10.9. The molecular weight excluding hydrogens is 280 g/mol. The fourth-order valence-corrected chi connectivity index (χ4v) is 2.30. The second-order valence-corrected chi connectivity index (χ2v) is 5.73. The largest absolute Gasteiger partial charge is 0.463 e. The molecule has 0 heterocycles. The summed E-state index contributed by atoms with van der Waals surface area (Å²) in [6.07, 6.45) is 3.31. The van der Waals surface area contributed by atoms with Gasteiger partial charge in [0.25, 0.3) is 0 Å². The molecule has 1 aromatic rings. The molecule has 1 rings (SSSR count). The number of carbonyl (C=O) groups excluding carboxylic acids is 2. The van der Waals surface area contributed by atoms with Gasteiger partial charge >= 0.3 is 11.9 Å². The summed E-state index contributed by atoms with van der Waals surface area (Å²) in [6, 6.07) is 8.41. The molecule has 0 saturated heterocycles. The number of carbonyl (C=O) groups is 2. The Balaban J connectivity index is 2.36. The molecule has 122 valence electrons. The van der Waals surface area contributed by atoms with E-state index in [9.17, 15) is 9.59 Å². The standard InChI is InChI=1S/C18H26O4/c1-13(21-15(3)19)5-7-17-9-11-18(12-10-17)8-6-14(2)22-16(4)20/h9-14H,5-8H2,1-4H3. The Morgan fingerprint density at radius 3 is 1.41 bits per heavy atom. The van der Waals surface area contributed by atoms with Crippen LogP contribution in [0.1, 0.15) is 51.7 Å². The molecule has 4 heteroatoms. The zero-order valence-corrected chi connectivity index (χ0v) is 13.9. The minimum Gasteiger partial charge on any atom is -0.463 e. The summed E-state index contributed by atoms with van der Waals surface area (Å²) in [6.45, 7) is 6.68. The number of rotatable bonds is 8. The third-order valence-electron chi connectivity index (χ3n) is 3.44. The highest BCUT2D eigenvalue weighted by Gasteiger charge is 2.07. The van der Waals surface area contributed by atoms with Gasteiger partial charge < -0.3 is 9.47 Å². The fraction of sp³-hybridized carbons (Fsp3) is 0.556. The number of benzene rings is 1. The normalized spacial score (nSPS) is 13.3. The molecule has 2 atom stereocenters. The van der Waals surface area contributed by atoms with Crippen molar-refractivity contribution in [3.8, 4) is 0 Å². The highest BCUT2D eigenvalue weighted by molar-refractivity contribution is 5.66. The first-order valence-electron chi connectivity index (χ1n) is 7.79. The number of aryl methyl sites for hydroxylation is 2. The van der Waals surface area contributed by atoms with Crippen LogP contribution in [0.3, 0.4) is 0 Å². The van der Waals surface area contributed by atoms with Crippen LogP contribution in [0.2, 0.25) is 0 Å². The predicted octanol–water partition coefficient (Wildman–Crippen LogP) is 3.46. The van der Waals surface area contributed by atoms with E-state index in [1.165, 1.54) is 25.0 Å². The minimum absolute atomic E-state index is 0.0539. The van der Waals surface area contributed by atoms with Gasteiger partial charge in [-0.3, -0.25) is 9.59 Å². The highest BCUT2D eigenvalue weighted by Crippen LogP contribution is 2.12. The minimum atomic E-state index is -0.232. The Morgan fingerprint density at radius 1 is 0.818 bits per heavy atom. The maximum absolute atomic E-state index is 10.9. The number of esters is 2. The summed E-state index contributed by atoms with van der Waals surface area (Å²) >= 11 is 0. The van der Waals surface area contributed by atoms with Crippen molar-refractivity contribution in [2.75, 3.05) is 0 Å². The van der Waals surface area contributed by atoms with Crippen LogP contribution in [0.15, 0.2) is 24.3 Å². The molecule has 4 nitrogen and oxygen atoms in total. The summed E-state index contributed by atoms with van der Waals surface area (Å²) in [5.41, 5.74) is 2.46. The number of ether oxygens (including phenoxy) is 2. The predicted molar refractivity (Wildman–Crippen MR) is 85.5 cm³/mol. The van der Waals surface area contributed by atoms with Gasteiger partial charge in [0.2, 0.25) is 0 Å². The summed E-state index contributed by atoms with van der Waals surface area (Å²) in [5.74, 6) is -0.463. The summed E-state index contributed by atoms with van der Waals surface area (Å²) < 4.78 is 10.2. The van der Waals surface area contributed by atoms with Crippen molar-refractivity contribution in [2.24, 2.45) is 0 Å². The van der Waals surface area contributed by atoms with Gasteiger partial charge in [-0.15, -0.1) is 0 Å². The quantitative estimate of drug-likeness (QED) is 0.690. The van der Waals surface area contributed by atoms with E-state index >= 15 is 0 Å². The first-order valence-corrected chi connectivity index (χ1v) is 7.79. The maximum Gasteiger partial charge on any atom is 0.302 e. The first-order chi connectivity index (χ1) is 10.4. The van der Waals surface area contributed by atoms with E-state index in [1.807, 2.05) is 13.8 Å². The molecule has 0 aliphatic heterocycles. The van der Waals surface area contributed by atoms with E-state index in [-0.39, 0.29) is 24.1 Å². The van der Waals surface area contributed by atoms with Crippen molar-refractivity contribution >= 4 is 11.9 Å².